The zero-order chi connectivity index (χ0) is 19.8. The average Bonchev–Trinajstić information content (AvgIpc) is 3.25. The maximum Gasteiger partial charge on any atom is 0.264 e. The molecule has 0 spiro atoms. The fourth-order valence-corrected chi connectivity index (χ4v) is 5.14. The number of nitrogens with zero attached hydrogens (tertiary/aromatic N) is 3. The SMILES string of the molecule is Cc1nn(Cc2ccc(Cl)cc2)c2sc(C(=O)N3CCC(C)C(CN)C3)cc12. The van der Waals surface area contributed by atoms with Crippen LogP contribution in [0.25, 0.3) is 10.2 Å². The van der Waals surface area contributed by atoms with E-state index in [0.717, 1.165) is 50.9 Å². The quantitative estimate of drug-likeness (QED) is 0.694. The lowest BCUT2D eigenvalue weighted by atomic mass is 9.87. The van der Waals surface area contributed by atoms with Crippen molar-refractivity contribution in [3.05, 3.63) is 51.5 Å². The van der Waals surface area contributed by atoms with Gasteiger partial charge in [0.15, 0.2) is 0 Å². The predicted molar refractivity (Wildman–Crippen MR) is 115 cm³/mol. The van der Waals surface area contributed by atoms with Crippen LogP contribution in [0.1, 0.15) is 34.3 Å². The number of aryl methyl sites for hydroxylation is 1. The Morgan fingerprint density at radius 1 is 1.36 bits per heavy atom. The van der Waals surface area contributed by atoms with Gasteiger partial charge in [0.2, 0.25) is 0 Å². The molecule has 1 saturated heterocycles. The van der Waals surface area contributed by atoms with Crippen molar-refractivity contribution in [2.24, 2.45) is 17.6 Å². The minimum absolute atomic E-state index is 0.115. The number of benzene rings is 1. The van der Waals surface area contributed by atoms with E-state index in [2.05, 4.69) is 12.0 Å². The van der Waals surface area contributed by atoms with Crippen LogP contribution in [0.2, 0.25) is 5.02 Å². The molecule has 3 heterocycles. The Morgan fingerprint density at radius 3 is 2.82 bits per heavy atom. The molecule has 1 aromatic carbocycles. The molecule has 1 aliphatic heterocycles. The molecule has 28 heavy (non-hydrogen) atoms. The summed E-state index contributed by atoms with van der Waals surface area (Å²) in [5.41, 5.74) is 7.99. The van der Waals surface area contributed by atoms with Crippen molar-refractivity contribution in [2.45, 2.75) is 26.8 Å². The lowest BCUT2D eigenvalue weighted by Gasteiger charge is -2.36. The Labute approximate surface area is 174 Å². The molecule has 0 aliphatic carbocycles. The van der Waals surface area contributed by atoms with Gasteiger partial charge in [0.05, 0.1) is 17.1 Å². The van der Waals surface area contributed by atoms with Crippen LogP contribution in [0.5, 0.6) is 0 Å². The largest absolute Gasteiger partial charge is 0.338 e. The highest BCUT2D eigenvalue weighted by molar-refractivity contribution is 7.20. The summed E-state index contributed by atoms with van der Waals surface area (Å²) in [4.78, 5) is 16.9. The maximum atomic E-state index is 13.1. The number of fused-ring (bicyclic) bond motifs is 1. The van der Waals surface area contributed by atoms with Crippen molar-refractivity contribution in [2.75, 3.05) is 19.6 Å². The topological polar surface area (TPSA) is 64.2 Å². The summed E-state index contributed by atoms with van der Waals surface area (Å²) in [6, 6.07) is 9.79. The van der Waals surface area contributed by atoms with Crippen molar-refractivity contribution in [1.29, 1.82) is 0 Å². The Morgan fingerprint density at radius 2 is 2.11 bits per heavy atom. The van der Waals surface area contributed by atoms with E-state index >= 15 is 0 Å². The van der Waals surface area contributed by atoms with Crippen LogP contribution in [0.15, 0.2) is 30.3 Å². The number of hydrogen-bond donors (Lipinski definition) is 1. The van der Waals surface area contributed by atoms with Crippen LogP contribution in [0.4, 0.5) is 0 Å². The van der Waals surface area contributed by atoms with Crippen molar-refractivity contribution in [3.63, 3.8) is 0 Å². The summed E-state index contributed by atoms with van der Waals surface area (Å²) in [7, 11) is 0. The Balaban J connectivity index is 1.59. The molecule has 3 aromatic rings. The molecule has 0 bridgehead atoms. The second-order valence-electron chi connectivity index (χ2n) is 7.71. The summed E-state index contributed by atoms with van der Waals surface area (Å²) in [6.45, 7) is 7.07. The van der Waals surface area contributed by atoms with Gasteiger partial charge >= 0.3 is 0 Å². The first-order valence-corrected chi connectivity index (χ1v) is 10.9. The number of thiophene rings is 1. The molecule has 1 fully saturated rings. The summed E-state index contributed by atoms with van der Waals surface area (Å²) < 4.78 is 1.98. The monoisotopic (exact) mass is 416 g/mol. The fourth-order valence-electron chi connectivity index (χ4n) is 3.88. The minimum atomic E-state index is 0.115. The van der Waals surface area contributed by atoms with Gasteiger partial charge in [-0.1, -0.05) is 30.7 Å². The number of hydrogen-bond acceptors (Lipinski definition) is 4. The second-order valence-corrected chi connectivity index (χ2v) is 9.18. The lowest BCUT2D eigenvalue weighted by Crippen LogP contribution is -2.45. The zero-order valence-corrected chi connectivity index (χ0v) is 17.8. The summed E-state index contributed by atoms with van der Waals surface area (Å²) in [5, 5.41) is 6.45. The standard InChI is InChI=1S/C21H25ClN4OS/c1-13-7-8-25(12-16(13)10-23)20(27)19-9-18-14(2)24-26(21(18)28-19)11-15-3-5-17(22)6-4-15/h3-6,9,13,16H,7-8,10-12,23H2,1-2H3. The number of carbonyl (C=O) groups excluding carboxylic acids is 1. The molecule has 2 atom stereocenters. The highest BCUT2D eigenvalue weighted by atomic mass is 35.5. The molecular weight excluding hydrogens is 392 g/mol. The van der Waals surface area contributed by atoms with Gasteiger partial charge in [-0.25, -0.2) is 0 Å². The van der Waals surface area contributed by atoms with Gasteiger partial charge in [0, 0.05) is 23.5 Å². The number of likely N-dealkylation sites (tertiary alicyclic amines) is 1. The van der Waals surface area contributed by atoms with E-state index in [1.54, 1.807) is 0 Å². The first-order chi connectivity index (χ1) is 13.5. The Bertz CT molecular complexity index is 994. The third kappa shape index (κ3) is 3.69. The van der Waals surface area contributed by atoms with E-state index in [9.17, 15) is 4.79 Å². The number of amides is 1. The summed E-state index contributed by atoms with van der Waals surface area (Å²) in [6.07, 6.45) is 1.02. The molecule has 0 saturated carbocycles. The smallest absolute Gasteiger partial charge is 0.264 e. The number of aromatic nitrogens is 2. The average molecular weight is 417 g/mol. The highest BCUT2D eigenvalue weighted by Gasteiger charge is 2.29. The number of halogens is 1. The van der Waals surface area contributed by atoms with E-state index in [4.69, 9.17) is 17.3 Å². The molecule has 2 aromatic heterocycles. The molecule has 0 radical (unpaired) electrons. The molecular formula is C21H25ClN4OS. The van der Waals surface area contributed by atoms with Crippen LogP contribution >= 0.6 is 22.9 Å². The Kier molecular flexibility index (Phi) is 5.45. The molecule has 1 aliphatic rings. The number of carbonyl (C=O) groups is 1. The first-order valence-electron chi connectivity index (χ1n) is 9.67. The van der Waals surface area contributed by atoms with Gasteiger partial charge in [-0.2, -0.15) is 5.10 Å². The van der Waals surface area contributed by atoms with Crippen LogP contribution in [0.3, 0.4) is 0 Å². The van der Waals surface area contributed by atoms with Gasteiger partial charge in [-0.3, -0.25) is 9.48 Å². The molecule has 7 heteroatoms. The van der Waals surface area contributed by atoms with E-state index in [-0.39, 0.29) is 5.91 Å². The number of nitrogens with two attached hydrogens (primary N) is 1. The lowest BCUT2D eigenvalue weighted by molar-refractivity contribution is 0.0623. The fraction of sp³-hybridized carbons (Fsp3) is 0.429. The van der Waals surface area contributed by atoms with Gasteiger partial charge in [0.25, 0.3) is 5.91 Å². The van der Waals surface area contributed by atoms with E-state index in [1.165, 1.54) is 11.3 Å². The van der Waals surface area contributed by atoms with E-state index in [0.29, 0.717) is 24.9 Å². The van der Waals surface area contributed by atoms with Gasteiger partial charge in [0.1, 0.15) is 4.83 Å². The van der Waals surface area contributed by atoms with Gasteiger partial charge in [-0.15, -0.1) is 11.3 Å². The summed E-state index contributed by atoms with van der Waals surface area (Å²) in [5.74, 6) is 1.07. The van der Waals surface area contributed by atoms with Crippen LogP contribution in [0, 0.1) is 18.8 Å². The zero-order valence-electron chi connectivity index (χ0n) is 16.2. The van der Waals surface area contributed by atoms with Crippen LogP contribution in [-0.4, -0.2) is 40.2 Å². The maximum absolute atomic E-state index is 13.1. The van der Waals surface area contributed by atoms with Crippen molar-refractivity contribution < 1.29 is 4.79 Å². The second kappa shape index (κ2) is 7.85. The predicted octanol–water partition coefficient (Wildman–Crippen LogP) is 4.16. The number of rotatable bonds is 4. The van der Waals surface area contributed by atoms with Crippen LogP contribution < -0.4 is 5.73 Å². The van der Waals surface area contributed by atoms with Gasteiger partial charge in [-0.05, 0) is 55.5 Å². The van der Waals surface area contributed by atoms with E-state index < -0.39 is 0 Å². The van der Waals surface area contributed by atoms with Gasteiger partial charge < -0.3 is 10.6 Å². The molecule has 4 rings (SSSR count). The van der Waals surface area contributed by atoms with Crippen LogP contribution in [-0.2, 0) is 6.54 Å². The molecule has 2 N–H and O–H groups in total. The third-order valence-electron chi connectivity index (χ3n) is 5.77. The molecule has 5 nitrogen and oxygen atoms in total. The molecule has 2 unspecified atom stereocenters. The number of piperidine rings is 1. The normalized spacial score (nSPS) is 20.1. The van der Waals surface area contributed by atoms with Crippen molar-refractivity contribution >= 4 is 39.1 Å². The first kappa shape index (κ1) is 19.4. The van der Waals surface area contributed by atoms with Crippen molar-refractivity contribution in [3.8, 4) is 0 Å². The Hall–Kier alpha value is -1.89. The highest BCUT2D eigenvalue weighted by Crippen LogP contribution is 2.31. The molecule has 1 amide bonds. The summed E-state index contributed by atoms with van der Waals surface area (Å²) >= 11 is 7.52. The molecule has 148 valence electrons. The minimum Gasteiger partial charge on any atom is -0.338 e. The van der Waals surface area contributed by atoms with Crippen molar-refractivity contribution in [1.82, 2.24) is 14.7 Å². The third-order valence-corrected chi connectivity index (χ3v) is 7.16. The van der Waals surface area contributed by atoms with E-state index in [1.807, 2.05) is 46.8 Å².